The zero-order valence-corrected chi connectivity index (χ0v) is 26.6. The molecule has 6 rings (SSSR count). The Bertz CT molecular complexity index is 1510. The molecule has 1 atom stereocenters. The van der Waals surface area contributed by atoms with Crippen LogP contribution < -0.4 is 16.0 Å². The molecule has 240 valence electrons. The number of fused-ring (bicyclic) bond motifs is 1. The number of hydrogen-bond acceptors (Lipinski definition) is 5. The van der Waals surface area contributed by atoms with Gasteiger partial charge < -0.3 is 25.8 Å². The topological polar surface area (TPSA) is 111 Å². The lowest BCUT2D eigenvalue weighted by Crippen LogP contribution is -2.65. The van der Waals surface area contributed by atoms with E-state index < -0.39 is 29.2 Å². The van der Waals surface area contributed by atoms with E-state index in [9.17, 15) is 23.6 Å². The Hall–Kier alpha value is -3.21. The number of nitrogens with zero attached hydrogens (tertiary/aromatic N) is 2. The smallest absolute Gasteiger partial charge is 0.250 e. The van der Waals surface area contributed by atoms with E-state index in [4.69, 9.17) is 23.2 Å². The summed E-state index contributed by atoms with van der Waals surface area (Å²) < 4.78 is 14.8. The Morgan fingerprint density at radius 2 is 1.60 bits per heavy atom. The van der Waals surface area contributed by atoms with Gasteiger partial charge in [-0.25, -0.2) is 4.39 Å². The van der Waals surface area contributed by atoms with Crippen LogP contribution in [0.25, 0.3) is 0 Å². The molecule has 1 saturated carbocycles. The van der Waals surface area contributed by atoms with E-state index in [0.717, 1.165) is 49.8 Å². The minimum absolute atomic E-state index is 0.00109. The van der Waals surface area contributed by atoms with Crippen molar-refractivity contribution in [3.63, 3.8) is 0 Å². The Kier molecular flexibility index (Phi) is 9.10. The summed E-state index contributed by atoms with van der Waals surface area (Å²) in [5, 5.41) is 8.49. The maximum Gasteiger partial charge on any atom is 0.250 e. The Balaban J connectivity index is 1.20. The van der Waals surface area contributed by atoms with Gasteiger partial charge in [-0.2, -0.15) is 0 Å². The van der Waals surface area contributed by atoms with Gasteiger partial charge in [0, 0.05) is 37.9 Å². The molecule has 4 aliphatic rings. The van der Waals surface area contributed by atoms with Crippen LogP contribution in [-0.2, 0) is 32.1 Å². The van der Waals surface area contributed by atoms with Gasteiger partial charge in [-0.15, -0.1) is 0 Å². The summed E-state index contributed by atoms with van der Waals surface area (Å²) in [7, 11) is 0. The Morgan fingerprint density at radius 3 is 2.31 bits per heavy atom. The predicted octanol–water partition coefficient (Wildman–Crippen LogP) is 4.59. The van der Waals surface area contributed by atoms with Gasteiger partial charge in [0.2, 0.25) is 23.6 Å². The minimum Gasteiger partial charge on any atom is -0.340 e. The van der Waals surface area contributed by atoms with Crippen molar-refractivity contribution in [3.8, 4) is 0 Å². The summed E-state index contributed by atoms with van der Waals surface area (Å²) in [6.45, 7) is 1.87. The monoisotopic (exact) mass is 657 g/mol. The average molecular weight is 659 g/mol. The van der Waals surface area contributed by atoms with E-state index >= 15 is 0 Å². The molecule has 1 spiro atoms. The van der Waals surface area contributed by atoms with Crippen molar-refractivity contribution < 1.29 is 23.6 Å². The van der Waals surface area contributed by atoms with Crippen molar-refractivity contribution in [1.29, 1.82) is 0 Å². The second kappa shape index (κ2) is 12.9. The van der Waals surface area contributed by atoms with E-state index in [1.54, 1.807) is 4.90 Å². The summed E-state index contributed by atoms with van der Waals surface area (Å²) in [6, 6.07) is 9.50. The summed E-state index contributed by atoms with van der Waals surface area (Å²) in [6.07, 6.45) is 6.10. The van der Waals surface area contributed by atoms with Crippen LogP contribution in [0.2, 0.25) is 10.0 Å². The molecule has 3 N–H and O–H groups in total. The molecule has 2 aromatic carbocycles. The van der Waals surface area contributed by atoms with Crippen LogP contribution in [0.4, 0.5) is 10.1 Å². The van der Waals surface area contributed by atoms with Crippen LogP contribution in [-0.4, -0.2) is 70.2 Å². The second-order valence-corrected chi connectivity index (χ2v) is 13.5. The SMILES string of the molecule is O=C(NC1(C(=O)Nc2ccc(Cl)c(Cl)c2F)CCNCC1)[C@@H]1Cc2ccccc2CN1C(=O)CCC(=O)N1CCCC12CCC2. The molecular weight excluding hydrogens is 620 g/mol. The van der Waals surface area contributed by atoms with Crippen molar-refractivity contribution in [2.75, 3.05) is 25.0 Å². The Labute approximate surface area is 272 Å². The second-order valence-electron chi connectivity index (χ2n) is 12.7. The molecule has 0 radical (unpaired) electrons. The van der Waals surface area contributed by atoms with Gasteiger partial charge in [0.05, 0.1) is 15.7 Å². The normalized spacial score (nSPS) is 21.5. The number of hydrogen-bond donors (Lipinski definition) is 3. The lowest BCUT2D eigenvalue weighted by Gasteiger charge is -2.46. The molecule has 3 heterocycles. The third-order valence-corrected chi connectivity index (χ3v) is 10.9. The standard InChI is InChI=1S/C33H38Cl2FN5O4/c34-23-7-8-24(29(36)28(23)35)38-31(45)33(14-16-37-17-15-33)39-30(44)25-19-21-5-1-2-6-22(21)20-40(25)26(42)9-10-27(43)41-18-4-13-32(41)11-3-12-32/h1-2,5-8,25,37H,3-4,9-20H2,(H,38,45)(H,39,44)/t25-/m0/s1. The fourth-order valence-corrected chi connectivity index (χ4v) is 7.70. The Morgan fingerprint density at radius 1 is 0.911 bits per heavy atom. The number of piperidine rings is 1. The van der Waals surface area contributed by atoms with Crippen LogP contribution >= 0.6 is 23.2 Å². The molecule has 0 aromatic heterocycles. The molecule has 3 fully saturated rings. The van der Waals surface area contributed by atoms with Crippen molar-refractivity contribution in [1.82, 2.24) is 20.4 Å². The van der Waals surface area contributed by atoms with Crippen molar-refractivity contribution in [3.05, 3.63) is 63.4 Å². The number of halogens is 3. The van der Waals surface area contributed by atoms with Gasteiger partial charge in [-0.05, 0) is 81.3 Å². The first-order valence-electron chi connectivity index (χ1n) is 15.8. The third-order valence-electron chi connectivity index (χ3n) is 10.1. The first-order valence-corrected chi connectivity index (χ1v) is 16.5. The predicted molar refractivity (Wildman–Crippen MR) is 169 cm³/mol. The molecule has 9 nitrogen and oxygen atoms in total. The number of anilines is 1. The summed E-state index contributed by atoms with van der Waals surface area (Å²) in [4.78, 5) is 58.3. The van der Waals surface area contributed by atoms with Crippen LogP contribution in [0.1, 0.15) is 68.9 Å². The highest BCUT2D eigenvalue weighted by Gasteiger charge is 2.48. The molecular formula is C33H38Cl2FN5O4. The third kappa shape index (κ3) is 6.16. The van der Waals surface area contributed by atoms with Crippen LogP contribution in [0.15, 0.2) is 36.4 Å². The van der Waals surface area contributed by atoms with Gasteiger partial charge in [-0.3, -0.25) is 19.2 Å². The quantitative estimate of drug-likeness (QED) is 0.378. The van der Waals surface area contributed by atoms with E-state index in [2.05, 4.69) is 16.0 Å². The number of rotatable bonds is 7. The van der Waals surface area contributed by atoms with E-state index in [1.807, 2.05) is 29.2 Å². The molecule has 0 bridgehead atoms. The summed E-state index contributed by atoms with van der Waals surface area (Å²) >= 11 is 11.9. The first kappa shape index (κ1) is 31.8. The highest BCUT2D eigenvalue weighted by Crippen LogP contribution is 2.45. The molecule has 2 saturated heterocycles. The van der Waals surface area contributed by atoms with Crippen molar-refractivity contribution in [2.24, 2.45) is 0 Å². The molecule has 4 amide bonds. The molecule has 2 aromatic rings. The van der Waals surface area contributed by atoms with Crippen molar-refractivity contribution >= 4 is 52.5 Å². The number of likely N-dealkylation sites (tertiary alicyclic amines) is 1. The van der Waals surface area contributed by atoms with Gasteiger partial charge >= 0.3 is 0 Å². The van der Waals surface area contributed by atoms with Gasteiger partial charge in [0.1, 0.15) is 11.6 Å². The van der Waals surface area contributed by atoms with Gasteiger partial charge in [0.25, 0.3) is 0 Å². The van der Waals surface area contributed by atoms with Gasteiger partial charge in [0.15, 0.2) is 5.82 Å². The van der Waals surface area contributed by atoms with Crippen molar-refractivity contribution in [2.45, 2.75) is 87.9 Å². The van der Waals surface area contributed by atoms with E-state index in [1.165, 1.54) is 12.1 Å². The molecule has 0 unspecified atom stereocenters. The zero-order chi connectivity index (χ0) is 31.8. The van der Waals surface area contributed by atoms with Gasteiger partial charge in [-0.1, -0.05) is 47.5 Å². The number of benzene rings is 2. The zero-order valence-electron chi connectivity index (χ0n) is 25.1. The minimum atomic E-state index is -1.35. The first-order chi connectivity index (χ1) is 21.6. The largest absolute Gasteiger partial charge is 0.340 e. The average Bonchev–Trinajstić information content (AvgIpc) is 3.50. The maximum absolute atomic E-state index is 14.8. The summed E-state index contributed by atoms with van der Waals surface area (Å²) in [5.74, 6) is -2.19. The maximum atomic E-state index is 14.8. The molecule has 45 heavy (non-hydrogen) atoms. The number of amides is 4. The number of nitrogens with one attached hydrogen (secondary N) is 3. The van der Waals surface area contributed by atoms with E-state index in [-0.39, 0.29) is 71.7 Å². The highest BCUT2D eigenvalue weighted by atomic mass is 35.5. The fraction of sp³-hybridized carbons (Fsp3) is 0.515. The lowest BCUT2D eigenvalue weighted by molar-refractivity contribution is -0.146. The number of carbonyl (C=O) groups excluding carboxylic acids is 4. The molecule has 1 aliphatic carbocycles. The van der Waals surface area contributed by atoms with Crippen LogP contribution in [0.3, 0.4) is 0 Å². The van der Waals surface area contributed by atoms with Crippen LogP contribution in [0.5, 0.6) is 0 Å². The molecule has 3 aliphatic heterocycles. The summed E-state index contributed by atoms with van der Waals surface area (Å²) in [5.41, 5.74) is 0.379. The van der Waals surface area contributed by atoms with E-state index in [0.29, 0.717) is 13.1 Å². The number of carbonyl (C=O) groups is 4. The molecule has 12 heteroatoms. The lowest BCUT2D eigenvalue weighted by atomic mass is 9.75. The fourth-order valence-electron chi connectivity index (χ4n) is 7.39. The van der Waals surface area contributed by atoms with Crippen LogP contribution in [0, 0.1) is 5.82 Å². The highest BCUT2D eigenvalue weighted by molar-refractivity contribution is 6.42.